The van der Waals surface area contributed by atoms with Crippen LogP contribution >= 0.6 is 0 Å². The number of aliphatic hydroxyl groups is 1. The normalized spacial score (nSPS) is 26.1. The molecule has 6 heteroatoms. The van der Waals surface area contributed by atoms with Crippen LogP contribution < -0.4 is 0 Å². The third kappa shape index (κ3) is 2.52. The molecule has 0 aliphatic carbocycles. The molecule has 1 N–H and O–H groups in total. The number of hydrogen-bond acceptors (Lipinski definition) is 5. The predicted molar refractivity (Wildman–Crippen MR) is 69.7 cm³/mol. The van der Waals surface area contributed by atoms with Crippen molar-refractivity contribution < 1.29 is 9.84 Å². The smallest absolute Gasteiger partial charge is 0.158 e. The van der Waals surface area contributed by atoms with Crippen LogP contribution in [0.4, 0.5) is 0 Å². The summed E-state index contributed by atoms with van der Waals surface area (Å²) >= 11 is 0. The number of ether oxygens (including phenoxy) is 1. The molecule has 1 aromatic heterocycles. The Morgan fingerprint density at radius 1 is 1.26 bits per heavy atom. The SMILES string of the molecule is Cn1c(CO)nnc1C1CCN(C2CCOC2)CC1. The summed E-state index contributed by atoms with van der Waals surface area (Å²) in [6.07, 6.45) is 3.41. The third-order valence-electron chi connectivity index (χ3n) is 4.46. The summed E-state index contributed by atoms with van der Waals surface area (Å²) < 4.78 is 7.41. The quantitative estimate of drug-likeness (QED) is 0.851. The number of hydrogen-bond donors (Lipinski definition) is 1. The van der Waals surface area contributed by atoms with Crippen molar-refractivity contribution in [2.75, 3.05) is 26.3 Å². The molecule has 2 fully saturated rings. The van der Waals surface area contributed by atoms with Gasteiger partial charge in [0.15, 0.2) is 5.82 Å². The summed E-state index contributed by atoms with van der Waals surface area (Å²) in [5, 5.41) is 17.4. The molecule has 3 rings (SSSR count). The van der Waals surface area contributed by atoms with Crippen molar-refractivity contribution in [1.82, 2.24) is 19.7 Å². The van der Waals surface area contributed by atoms with Crippen molar-refractivity contribution in [1.29, 1.82) is 0 Å². The first-order chi connectivity index (χ1) is 9.29. The molecule has 1 aromatic rings. The number of rotatable bonds is 3. The van der Waals surface area contributed by atoms with Gasteiger partial charge in [0.1, 0.15) is 12.4 Å². The van der Waals surface area contributed by atoms with Crippen molar-refractivity contribution >= 4 is 0 Å². The first-order valence-electron chi connectivity index (χ1n) is 7.10. The first kappa shape index (κ1) is 13.0. The number of aliphatic hydroxyl groups excluding tert-OH is 1. The number of aromatic nitrogens is 3. The highest BCUT2D eigenvalue weighted by molar-refractivity contribution is 5.03. The van der Waals surface area contributed by atoms with Crippen LogP contribution in [-0.4, -0.2) is 57.1 Å². The Hall–Kier alpha value is -0.980. The lowest BCUT2D eigenvalue weighted by molar-refractivity contribution is 0.120. The highest BCUT2D eigenvalue weighted by atomic mass is 16.5. The van der Waals surface area contributed by atoms with E-state index in [1.54, 1.807) is 0 Å². The average molecular weight is 266 g/mol. The predicted octanol–water partition coefficient (Wildman–Crippen LogP) is 0.276. The van der Waals surface area contributed by atoms with Gasteiger partial charge in [-0.2, -0.15) is 0 Å². The highest BCUT2D eigenvalue weighted by Crippen LogP contribution is 2.29. The first-order valence-corrected chi connectivity index (χ1v) is 7.10. The molecule has 1 atom stereocenters. The molecule has 0 amide bonds. The summed E-state index contributed by atoms with van der Waals surface area (Å²) in [4.78, 5) is 2.55. The van der Waals surface area contributed by atoms with Gasteiger partial charge >= 0.3 is 0 Å². The minimum absolute atomic E-state index is 0.0399. The van der Waals surface area contributed by atoms with Crippen LogP contribution in [0.3, 0.4) is 0 Å². The van der Waals surface area contributed by atoms with Gasteiger partial charge in [-0.25, -0.2) is 0 Å². The monoisotopic (exact) mass is 266 g/mol. The van der Waals surface area contributed by atoms with E-state index in [1.807, 2.05) is 11.6 Å². The van der Waals surface area contributed by atoms with E-state index in [1.165, 1.54) is 6.42 Å². The molecule has 0 aromatic carbocycles. The summed E-state index contributed by atoms with van der Waals surface area (Å²) in [6, 6.07) is 0.619. The second-order valence-corrected chi connectivity index (χ2v) is 5.52. The molecule has 0 spiro atoms. The fourth-order valence-corrected chi connectivity index (χ4v) is 3.20. The Bertz CT molecular complexity index is 420. The zero-order valence-corrected chi connectivity index (χ0v) is 11.5. The standard InChI is InChI=1S/C13H22N4O2/c1-16-12(8-18)14-15-13(16)10-2-5-17(6-3-10)11-4-7-19-9-11/h10-11,18H,2-9H2,1H3. The molecule has 2 saturated heterocycles. The van der Waals surface area contributed by atoms with Gasteiger partial charge in [0.2, 0.25) is 0 Å². The number of piperidine rings is 1. The van der Waals surface area contributed by atoms with Crippen molar-refractivity contribution in [2.45, 2.75) is 37.8 Å². The summed E-state index contributed by atoms with van der Waals surface area (Å²) in [5.41, 5.74) is 0. The maximum Gasteiger partial charge on any atom is 0.158 e. The van der Waals surface area contributed by atoms with E-state index in [-0.39, 0.29) is 6.61 Å². The average Bonchev–Trinajstić information content (AvgIpc) is 3.08. The topological polar surface area (TPSA) is 63.4 Å². The van der Waals surface area contributed by atoms with Gasteiger partial charge in [0.05, 0.1) is 6.61 Å². The summed E-state index contributed by atoms with van der Waals surface area (Å²) in [5.74, 6) is 2.14. The molecule has 3 heterocycles. The van der Waals surface area contributed by atoms with E-state index >= 15 is 0 Å². The maximum atomic E-state index is 9.17. The molecule has 0 radical (unpaired) electrons. The number of likely N-dealkylation sites (tertiary alicyclic amines) is 1. The van der Waals surface area contributed by atoms with Crippen LogP contribution in [0.1, 0.15) is 36.8 Å². The van der Waals surface area contributed by atoms with E-state index in [9.17, 15) is 5.11 Å². The Labute approximate surface area is 113 Å². The van der Waals surface area contributed by atoms with Gasteiger partial charge in [-0.15, -0.1) is 10.2 Å². The Kier molecular flexibility index (Phi) is 3.81. The van der Waals surface area contributed by atoms with Crippen LogP contribution in [0.5, 0.6) is 0 Å². The van der Waals surface area contributed by atoms with Gasteiger partial charge in [0.25, 0.3) is 0 Å². The van der Waals surface area contributed by atoms with Gasteiger partial charge in [-0.05, 0) is 32.4 Å². The van der Waals surface area contributed by atoms with Gasteiger partial charge < -0.3 is 14.4 Å². The second kappa shape index (κ2) is 5.56. The molecule has 106 valence electrons. The molecular formula is C13H22N4O2. The van der Waals surface area contributed by atoms with E-state index in [2.05, 4.69) is 15.1 Å². The van der Waals surface area contributed by atoms with Crippen molar-refractivity contribution in [3.63, 3.8) is 0 Å². The zero-order valence-electron chi connectivity index (χ0n) is 11.5. The van der Waals surface area contributed by atoms with Gasteiger partial charge in [-0.1, -0.05) is 0 Å². The van der Waals surface area contributed by atoms with E-state index in [0.717, 1.165) is 45.0 Å². The molecule has 2 aliphatic rings. The van der Waals surface area contributed by atoms with Crippen LogP contribution in [0.15, 0.2) is 0 Å². The van der Waals surface area contributed by atoms with Crippen LogP contribution in [0.2, 0.25) is 0 Å². The lowest BCUT2D eigenvalue weighted by Gasteiger charge is -2.34. The van der Waals surface area contributed by atoms with Crippen molar-refractivity contribution in [3.8, 4) is 0 Å². The Morgan fingerprint density at radius 3 is 2.63 bits per heavy atom. The summed E-state index contributed by atoms with van der Waals surface area (Å²) in [7, 11) is 1.94. The maximum absolute atomic E-state index is 9.17. The van der Waals surface area contributed by atoms with Crippen LogP contribution in [-0.2, 0) is 18.4 Å². The molecule has 2 aliphatic heterocycles. The molecule has 19 heavy (non-hydrogen) atoms. The van der Waals surface area contributed by atoms with Crippen LogP contribution in [0, 0.1) is 0 Å². The van der Waals surface area contributed by atoms with E-state index in [4.69, 9.17) is 4.74 Å². The molecule has 1 unspecified atom stereocenters. The second-order valence-electron chi connectivity index (χ2n) is 5.52. The number of nitrogens with zero attached hydrogens (tertiary/aromatic N) is 4. The molecular weight excluding hydrogens is 244 g/mol. The summed E-state index contributed by atoms with van der Waals surface area (Å²) in [6.45, 7) is 3.98. The van der Waals surface area contributed by atoms with Gasteiger partial charge in [-0.3, -0.25) is 4.90 Å². The lowest BCUT2D eigenvalue weighted by atomic mass is 9.94. The fraction of sp³-hybridized carbons (Fsp3) is 0.846. The minimum Gasteiger partial charge on any atom is -0.388 e. The third-order valence-corrected chi connectivity index (χ3v) is 4.46. The Morgan fingerprint density at radius 2 is 2.05 bits per heavy atom. The highest BCUT2D eigenvalue weighted by Gasteiger charge is 2.30. The van der Waals surface area contributed by atoms with Gasteiger partial charge in [0, 0.05) is 25.6 Å². The van der Waals surface area contributed by atoms with Crippen molar-refractivity contribution in [2.24, 2.45) is 7.05 Å². The van der Waals surface area contributed by atoms with E-state index in [0.29, 0.717) is 17.8 Å². The lowest BCUT2D eigenvalue weighted by Crippen LogP contribution is -2.41. The fourth-order valence-electron chi connectivity index (χ4n) is 3.20. The largest absolute Gasteiger partial charge is 0.388 e. The molecule has 0 saturated carbocycles. The minimum atomic E-state index is -0.0399. The molecule has 0 bridgehead atoms. The molecule has 6 nitrogen and oxygen atoms in total. The van der Waals surface area contributed by atoms with Crippen LogP contribution in [0.25, 0.3) is 0 Å². The zero-order chi connectivity index (χ0) is 13.2. The van der Waals surface area contributed by atoms with Crippen molar-refractivity contribution in [3.05, 3.63) is 11.6 Å². The Balaban J connectivity index is 1.61. The van der Waals surface area contributed by atoms with E-state index < -0.39 is 0 Å².